The molecule has 0 spiro atoms. The second kappa shape index (κ2) is 10.5. The molecule has 0 radical (unpaired) electrons. The molecule has 2 heterocycles. The normalized spacial score (nSPS) is 11.6. The average Bonchev–Trinajstić information content (AvgIpc) is 3.50. The zero-order chi connectivity index (χ0) is 29.7. The van der Waals surface area contributed by atoms with Gasteiger partial charge in [0, 0.05) is 36.7 Å². The van der Waals surface area contributed by atoms with Crippen molar-refractivity contribution in [2.75, 3.05) is 0 Å². The summed E-state index contributed by atoms with van der Waals surface area (Å²) in [5.41, 5.74) is 8.83. The topological polar surface area (TPSA) is 25.8 Å². The third-order valence-electron chi connectivity index (χ3n) is 8.70. The minimum atomic E-state index is 0.732. The van der Waals surface area contributed by atoms with Gasteiger partial charge in [-0.05, 0) is 57.3 Å². The molecule has 9 rings (SSSR count). The fourth-order valence-electron chi connectivity index (χ4n) is 6.61. The standard InChI is InChI=1S/C42H26N2S/c1-3-12-27(13-4-1)41-35-23-22-29(26-37(35)43-42(44-41)28-14-5-2-6-15-28)30-24-25-33(32-17-8-7-16-31(30)32)34-19-11-21-39-40(34)36-18-9-10-20-38(36)45-39/h1-26H. The lowest BCUT2D eigenvalue weighted by molar-refractivity contribution is 1.23. The molecule has 7 aromatic carbocycles. The lowest BCUT2D eigenvalue weighted by Gasteiger charge is -2.15. The van der Waals surface area contributed by atoms with Crippen molar-refractivity contribution in [2.24, 2.45) is 0 Å². The van der Waals surface area contributed by atoms with Crippen molar-refractivity contribution in [1.29, 1.82) is 0 Å². The molecule has 2 nitrogen and oxygen atoms in total. The molecule has 210 valence electrons. The van der Waals surface area contributed by atoms with Crippen molar-refractivity contribution in [3.8, 4) is 44.9 Å². The summed E-state index contributed by atoms with van der Waals surface area (Å²) in [7, 11) is 0. The van der Waals surface area contributed by atoms with Gasteiger partial charge < -0.3 is 0 Å². The SMILES string of the molecule is c1ccc(-c2nc(-c3ccccc3)c3ccc(-c4ccc(-c5cccc6sc7ccccc7c56)c5ccccc45)cc3n2)cc1. The fraction of sp³-hybridized carbons (Fsp3) is 0. The van der Waals surface area contributed by atoms with Crippen molar-refractivity contribution in [2.45, 2.75) is 0 Å². The highest BCUT2D eigenvalue weighted by Crippen LogP contribution is 2.43. The molecule has 0 aliphatic rings. The third-order valence-corrected chi connectivity index (χ3v) is 9.84. The van der Waals surface area contributed by atoms with E-state index in [1.807, 2.05) is 35.6 Å². The van der Waals surface area contributed by atoms with Gasteiger partial charge in [-0.3, -0.25) is 0 Å². The van der Waals surface area contributed by atoms with Gasteiger partial charge in [0.25, 0.3) is 0 Å². The van der Waals surface area contributed by atoms with Crippen LogP contribution in [-0.2, 0) is 0 Å². The summed E-state index contributed by atoms with van der Waals surface area (Å²) in [5.74, 6) is 0.732. The first-order chi connectivity index (χ1) is 22.3. The molecule has 0 aliphatic carbocycles. The van der Waals surface area contributed by atoms with Gasteiger partial charge >= 0.3 is 0 Å². The van der Waals surface area contributed by atoms with Crippen LogP contribution in [0.1, 0.15) is 0 Å². The number of fused-ring (bicyclic) bond motifs is 5. The van der Waals surface area contributed by atoms with Crippen LogP contribution in [0.5, 0.6) is 0 Å². The lowest BCUT2D eigenvalue weighted by Crippen LogP contribution is -1.95. The summed E-state index contributed by atoms with van der Waals surface area (Å²) in [6, 6.07) is 56.1. The Labute approximate surface area is 264 Å². The maximum atomic E-state index is 5.11. The molecule has 0 amide bonds. The van der Waals surface area contributed by atoms with E-state index in [1.54, 1.807) is 0 Å². The molecule has 45 heavy (non-hydrogen) atoms. The van der Waals surface area contributed by atoms with Gasteiger partial charge in [0.2, 0.25) is 0 Å². The predicted molar refractivity (Wildman–Crippen MR) is 192 cm³/mol. The van der Waals surface area contributed by atoms with E-state index < -0.39 is 0 Å². The Bertz CT molecular complexity index is 2530. The van der Waals surface area contributed by atoms with E-state index in [2.05, 4.69) is 133 Å². The van der Waals surface area contributed by atoms with Gasteiger partial charge in [0.1, 0.15) is 0 Å². The fourth-order valence-corrected chi connectivity index (χ4v) is 7.75. The number of aromatic nitrogens is 2. The zero-order valence-corrected chi connectivity index (χ0v) is 25.1. The van der Waals surface area contributed by atoms with Crippen molar-refractivity contribution in [1.82, 2.24) is 9.97 Å². The van der Waals surface area contributed by atoms with E-state index in [0.29, 0.717) is 0 Å². The Morgan fingerprint density at radius 3 is 1.82 bits per heavy atom. The number of rotatable bonds is 4. The highest BCUT2D eigenvalue weighted by Gasteiger charge is 2.16. The third kappa shape index (κ3) is 4.32. The summed E-state index contributed by atoms with van der Waals surface area (Å²) in [6.45, 7) is 0. The number of hydrogen-bond donors (Lipinski definition) is 0. The monoisotopic (exact) mass is 590 g/mol. The van der Waals surface area contributed by atoms with Gasteiger partial charge in [0.05, 0.1) is 11.2 Å². The van der Waals surface area contributed by atoms with Crippen LogP contribution in [-0.4, -0.2) is 9.97 Å². The van der Waals surface area contributed by atoms with Crippen molar-refractivity contribution in [3.63, 3.8) is 0 Å². The molecule has 0 aliphatic heterocycles. The van der Waals surface area contributed by atoms with E-state index in [0.717, 1.165) is 39.1 Å². The van der Waals surface area contributed by atoms with Crippen molar-refractivity contribution >= 4 is 53.2 Å². The Hall–Kier alpha value is -5.64. The first-order valence-corrected chi connectivity index (χ1v) is 16.0. The molecule has 0 saturated heterocycles. The molecular weight excluding hydrogens is 565 g/mol. The van der Waals surface area contributed by atoms with Gasteiger partial charge in [-0.15, -0.1) is 11.3 Å². The summed E-state index contributed by atoms with van der Waals surface area (Å²) in [5, 5.41) is 6.17. The largest absolute Gasteiger partial charge is 0.228 e. The molecule has 9 aromatic rings. The second-order valence-electron chi connectivity index (χ2n) is 11.3. The van der Waals surface area contributed by atoms with Crippen LogP contribution in [0.3, 0.4) is 0 Å². The predicted octanol–water partition coefficient (Wildman–Crippen LogP) is 11.8. The maximum absolute atomic E-state index is 5.11. The first-order valence-electron chi connectivity index (χ1n) is 15.2. The molecule has 2 aromatic heterocycles. The minimum absolute atomic E-state index is 0.732. The van der Waals surface area contributed by atoms with Crippen LogP contribution in [0, 0.1) is 0 Å². The first kappa shape index (κ1) is 25.8. The van der Waals surface area contributed by atoms with E-state index >= 15 is 0 Å². The number of thiophene rings is 1. The number of nitrogens with zero attached hydrogens (tertiary/aromatic N) is 2. The Balaban J connectivity index is 1.26. The van der Waals surface area contributed by atoms with Crippen LogP contribution in [0.25, 0.3) is 86.7 Å². The molecule has 0 unspecified atom stereocenters. The van der Waals surface area contributed by atoms with E-state index in [-0.39, 0.29) is 0 Å². The minimum Gasteiger partial charge on any atom is -0.228 e. The highest BCUT2D eigenvalue weighted by atomic mass is 32.1. The average molecular weight is 591 g/mol. The van der Waals surface area contributed by atoms with Crippen LogP contribution >= 0.6 is 11.3 Å². The highest BCUT2D eigenvalue weighted by molar-refractivity contribution is 7.25. The molecule has 0 saturated carbocycles. The second-order valence-corrected chi connectivity index (χ2v) is 12.4. The van der Waals surface area contributed by atoms with Gasteiger partial charge in [-0.1, -0.05) is 133 Å². The molecule has 0 atom stereocenters. The van der Waals surface area contributed by atoms with Gasteiger partial charge in [-0.2, -0.15) is 0 Å². The zero-order valence-electron chi connectivity index (χ0n) is 24.3. The maximum Gasteiger partial charge on any atom is 0.160 e. The van der Waals surface area contributed by atoms with Gasteiger partial charge in [-0.25, -0.2) is 9.97 Å². The smallest absolute Gasteiger partial charge is 0.160 e. The Morgan fingerprint density at radius 2 is 1.02 bits per heavy atom. The summed E-state index contributed by atoms with van der Waals surface area (Å²) in [4.78, 5) is 10.2. The van der Waals surface area contributed by atoms with Crippen LogP contribution in [0.4, 0.5) is 0 Å². The summed E-state index contributed by atoms with van der Waals surface area (Å²) < 4.78 is 2.64. The molecule has 3 heteroatoms. The molecule has 0 bridgehead atoms. The lowest BCUT2D eigenvalue weighted by atomic mass is 9.90. The quantitative estimate of drug-likeness (QED) is 0.204. The molecule has 0 N–H and O–H groups in total. The van der Waals surface area contributed by atoms with Crippen LogP contribution in [0.15, 0.2) is 158 Å². The summed E-state index contributed by atoms with van der Waals surface area (Å²) in [6.07, 6.45) is 0. The Morgan fingerprint density at radius 1 is 0.378 bits per heavy atom. The molecular formula is C42H26N2S. The van der Waals surface area contributed by atoms with Crippen LogP contribution < -0.4 is 0 Å². The van der Waals surface area contributed by atoms with E-state index in [9.17, 15) is 0 Å². The Kier molecular flexibility index (Phi) is 6.03. The number of benzene rings is 7. The van der Waals surface area contributed by atoms with Crippen LogP contribution in [0.2, 0.25) is 0 Å². The number of hydrogen-bond acceptors (Lipinski definition) is 3. The van der Waals surface area contributed by atoms with E-state index in [4.69, 9.17) is 9.97 Å². The van der Waals surface area contributed by atoms with E-state index in [1.165, 1.54) is 47.6 Å². The summed E-state index contributed by atoms with van der Waals surface area (Å²) >= 11 is 1.86. The molecule has 0 fully saturated rings. The van der Waals surface area contributed by atoms with Crippen molar-refractivity contribution in [3.05, 3.63) is 158 Å². The van der Waals surface area contributed by atoms with Gasteiger partial charge in [0.15, 0.2) is 5.82 Å². The van der Waals surface area contributed by atoms with Crippen molar-refractivity contribution < 1.29 is 0 Å².